The average Bonchev–Trinajstić information content (AvgIpc) is 3.22. The monoisotopic (exact) mass is 416 g/mol. The molecule has 7 nitrogen and oxygen atoms in total. The molecule has 2 aromatic heterocycles. The van der Waals surface area contributed by atoms with Gasteiger partial charge in [0.2, 0.25) is 0 Å². The molecule has 3 aromatic rings. The zero-order valence-corrected chi connectivity index (χ0v) is 17.8. The van der Waals surface area contributed by atoms with Crippen LogP contribution in [0.4, 0.5) is 0 Å². The molecule has 1 unspecified atom stereocenters. The second-order valence-electron chi connectivity index (χ2n) is 7.14. The Bertz CT molecular complexity index is 1060. The molecule has 8 heteroatoms. The molecule has 2 heterocycles. The van der Waals surface area contributed by atoms with Crippen molar-refractivity contribution >= 4 is 28.4 Å². The van der Waals surface area contributed by atoms with Gasteiger partial charge in [0.15, 0.2) is 5.76 Å². The lowest BCUT2D eigenvalue weighted by atomic mass is 10.2. The molecule has 1 amide bonds. The largest absolute Gasteiger partial charge is 0.459 e. The zero-order valence-electron chi connectivity index (χ0n) is 17.1. The summed E-state index contributed by atoms with van der Waals surface area (Å²) in [6.07, 6.45) is 1.47. The van der Waals surface area contributed by atoms with Crippen molar-refractivity contribution in [2.45, 2.75) is 26.4 Å². The molecule has 3 rings (SSSR count). The third-order valence-corrected chi connectivity index (χ3v) is 5.12. The van der Waals surface area contributed by atoms with Gasteiger partial charge >= 0.3 is 0 Å². The molecule has 1 atom stereocenters. The number of hydrogen-bond donors (Lipinski definition) is 0. The van der Waals surface area contributed by atoms with Crippen molar-refractivity contribution < 1.29 is 9.21 Å². The number of nitrogens with zero attached hydrogens (tertiary/aromatic N) is 4. The number of rotatable bonds is 7. The maximum Gasteiger partial charge on any atom is 0.290 e. The molecular weight excluding hydrogens is 392 g/mol. The fourth-order valence-electron chi connectivity index (χ4n) is 3.30. The molecule has 29 heavy (non-hydrogen) atoms. The van der Waals surface area contributed by atoms with Gasteiger partial charge in [-0.25, -0.2) is 4.98 Å². The van der Waals surface area contributed by atoms with E-state index in [2.05, 4.69) is 0 Å². The molecule has 154 valence electrons. The molecule has 0 aliphatic rings. The Balaban J connectivity index is 2.10. The molecular formula is C21H25ClN4O3. The van der Waals surface area contributed by atoms with Crippen LogP contribution in [-0.4, -0.2) is 52.4 Å². The fourth-order valence-corrected chi connectivity index (χ4v) is 3.46. The number of likely N-dealkylation sites (N-methyl/N-ethyl adjacent to an activating group) is 1. The van der Waals surface area contributed by atoms with E-state index in [-0.39, 0.29) is 17.2 Å². The van der Waals surface area contributed by atoms with Crippen LogP contribution in [0.25, 0.3) is 10.9 Å². The number of halogens is 1. The lowest BCUT2D eigenvalue weighted by Gasteiger charge is -2.30. The second kappa shape index (κ2) is 8.80. The smallest absolute Gasteiger partial charge is 0.290 e. The summed E-state index contributed by atoms with van der Waals surface area (Å²) < 4.78 is 6.93. The Morgan fingerprint density at radius 3 is 2.66 bits per heavy atom. The van der Waals surface area contributed by atoms with Crippen LogP contribution in [-0.2, 0) is 6.54 Å². The van der Waals surface area contributed by atoms with Crippen LogP contribution in [0.2, 0.25) is 5.02 Å². The molecule has 0 saturated heterocycles. The first-order valence-corrected chi connectivity index (χ1v) is 9.90. The van der Waals surface area contributed by atoms with Crippen molar-refractivity contribution in [1.82, 2.24) is 19.4 Å². The van der Waals surface area contributed by atoms with E-state index < -0.39 is 6.04 Å². The molecule has 0 radical (unpaired) electrons. The van der Waals surface area contributed by atoms with Gasteiger partial charge in [-0.3, -0.25) is 14.2 Å². The van der Waals surface area contributed by atoms with Gasteiger partial charge in [0.05, 0.1) is 23.2 Å². The van der Waals surface area contributed by atoms with E-state index in [0.717, 1.165) is 0 Å². The number of amides is 1. The third kappa shape index (κ3) is 4.36. The molecule has 0 N–H and O–H groups in total. The first-order chi connectivity index (χ1) is 13.8. The lowest BCUT2D eigenvalue weighted by Crippen LogP contribution is -2.41. The van der Waals surface area contributed by atoms with Crippen LogP contribution in [0, 0.1) is 0 Å². The highest BCUT2D eigenvalue weighted by Gasteiger charge is 2.28. The van der Waals surface area contributed by atoms with E-state index in [1.54, 1.807) is 39.8 Å². The summed E-state index contributed by atoms with van der Waals surface area (Å²) in [4.78, 5) is 34.5. The first kappa shape index (κ1) is 21.1. The number of aromatic nitrogens is 2. The highest BCUT2D eigenvalue weighted by Crippen LogP contribution is 2.23. The Kier molecular flexibility index (Phi) is 6.39. The van der Waals surface area contributed by atoms with Gasteiger partial charge in [-0.2, -0.15) is 0 Å². The van der Waals surface area contributed by atoms with E-state index in [4.69, 9.17) is 21.0 Å². The van der Waals surface area contributed by atoms with Gasteiger partial charge in [0, 0.05) is 24.7 Å². The minimum atomic E-state index is -0.441. The summed E-state index contributed by atoms with van der Waals surface area (Å²) in [5.41, 5.74) is 0.376. The van der Waals surface area contributed by atoms with Gasteiger partial charge in [-0.05, 0) is 58.3 Å². The van der Waals surface area contributed by atoms with Crippen molar-refractivity contribution in [3.05, 3.63) is 63.6 Å². The quantitative estimate of drug-likeness (QED) is 0.590. The van der Waals surface area contributed by atoms with Crippen LogP contribution in [0.3, 0.4) is 0 Å². The number of benzene rings is 1. The van der Waals surface area contributed by atoms with Gasteiger partial charge in [0.1, 0.15) is 5.82 Å². The summed E-state index contributed by atoms with van der Waals surface area (Å²) >= 11 is 6.11. The van der Waals surface area contributed by atoms with Crippen molar-refractivity contribution in [1.29, 1.82) is 0 Å². The highest BCUT2D eigenvalue weighted by molar-refractivity contribution is 6.31. The van der Waals surface area contributed by atoms with Crippen molar-refractivity contribution in [3.63, 3.8) is 0 Å². The Hall–Kier alpha value is -2.64. The Labute approximate surface area is 174 Å². The van der Waals surface area contributed by atoms with E-state index in [0.29, 0.717) is 41.4 Å². The standard InChI is InChI=1S/C21H25ClN4O3/c1-5-25-19(23-17-13-15(22)8-9-16(17)20(25)27)14(2)26(11-10-24(3)4)21(28)18-7-6-12-29-18/h6-9,12-14H,5,10-11H2,1-4H3. The maximum absolute atomic E-state index is 13.1. The maximum atomic E-state index is 13.1. The van der Waals surface area contributed by atoms with E-state index in [9.17, 15) is 9.59 Å². The van der Waals surface area contributed by atoms with Crippen molar-refractivity contribution in [3.8, 4) is 0 Å². The van der Waals surface area contributed by atoms with Gasteiger partial charge < -0.3 is 14.2 Å². The Morgan fingerprint density at radius 1 is 1.28 bits per heavy atom. The summed E-state index contributed by atoms with van der Waals surface area (Å²) in [6, 6.07) is 7.92. The highest BCUT2D eigenvalue weighted by atomic mass is 35.5. The SMILES string of the molecule is CCn1c(C(C)N(CCN(C)C)C(=O)c2ccco2)nc2cc(Cl)ccc2c1=O. The minimum Gasteiger partial charge on any atom is -0.459 e. The number of carbonyl (C=O) groups excluding carboxylic acids is 1. The van der Waals surface area contributed by atoms with Gasteiger partial charge in [0.25, 0.3) is 11.5 Å². The molecule has 0 spiro atoms. The average molecular weight is 417 g/mol. The van der Waals surface area contributed by atoms with Gasteiger partial charge in [-0.15, -0.1) is 0 Å². The van der Waals surface area contributed by atoms with E-state index in [1.807, 2.05) is 32.8 Å². The molecule has 0 bridgehead atoms. The summed E-state index contributed by atoms with van der Waals surface area (Å²) in [5, 5.41) is 1.01. The van der Waals surface area contributed by atoms with Gasteiger partial charge in [-0.1, -0.05) is 11.6 Å². The predicted octanol–water partition coefficient (Wildman–Crippen LogP) is 3.43. The van der Waals surface area contributed by atoms with Crippen molar-refractivity contribution in [2.75, 3.05) is 27.2 Å². The summed E-state index contributed by atoms with van der Waals surface area (Å²) in [7, 11) is 3.89. The summed E-state index contributed by atoms with van der Waals surface area (Å²) in [5.74, 6) is 0.531. The lowest BCUT2D eigenvalue weighted by molar-refractivity contribution is 0.0632. The predicted molar refractivity (Wildman–Crippen MR) is 113 cm³/mol. The van der Waals surface area contributed by atoms with E-state index in [1.165, 1.54) is 6.26 Å². The van der Waals surface area contributed by atoms with Crippen LogP contribution < -0.4 is 5.56 Å². The van der Waals surface area contributed by atoms with Crippen LogP contribution in [0.15, 0.2) is 45.8 Å². The number of furan rings is 1. The number of carbonyl (C=O) groups is 1. The van der Waals surface area contributed by atoms with Crippen LogP contribution in [0.1, 0.15) is 36.3 Å². The molecule has 0 saturated carbocycles. The first-order valence-electron chi connectivity index (χ1n) is 9.52. The Morgan fingerprint density at radius 2 is 2.03 bits per heavy atom. The van der Waals surface area contributed by atoms with Crippen molar-refractivity contribution in [2.24, 2.45) is 0 Å². The molecule has 0 aliphatic heterocycles. The normalized spacial score (nSPS) is 12.5. The van der Waals surface area contributed by atoms with E-state index >= 15 is 0 Å². The molecule has 1 aromatic carbocycles. The molecule has 0 fully saturated rings. The number of fused-ring (bicyclic) bond motifs is 1. The second-order valence-corrected chi connectivity index (χ2v) is 7.57. The zero-order chi connectivity index (χ0) is 21.1. The fraction of sp³-hybridized carbons (Fsp3) is 0.381. The molecule has 0 aliphatic carbocycles. The summed E-state index contributed by atoms with van der Waals surface area (Å²) in [6.45, 7) is 5.33. The topological polar surface area (TPSA) is 71.6 Å². The number of hydrogen-bond acceptors (Lipinski definition) is 5. The third-order valence-electron chi connectivity index (χ3n) is 4.89. The minimum absolute atomic E-state index is 0.144. The van der Waals surface area contributed by atoms with Crippen LogP contribution in [0.5, 0.6) is 0 Å². The van der Waals surface area contributed by atoms with Crippen LogP contribution >= 0.6 is 11.6 Å².